The van der Waals surface area contributed by atoms with Crippen molar-refractivity contribution < 1.29 is 8.83 Å². The molecule has 1 N–H and O–H groups in total. The molecule has 1 aliphatic heterocycles. The highest BCUT2D eigenvalue weighted by atomic mass is 16.4. The van der Waals surface area contributed by atoms with Gasteiger partial charge in [-0.1, -0.05) is 6.07 Å². The number of aromatic nitrogens is 1. The second-order valence-corrected chi connectivity index (χ2v) is 4.86. The molecular weight excluding hydrogens is 254 g/mol. The van der Waals surface area contributed by atoms with Crippen LogP contribution in [0.1, 0.15) is 0 Å². The van der Waals surface area contributed by atoms with E-state index in [0.717, 1.165) is 43.0 Å². The Kier molecular flexibility index (Phi) is 2.70. The molecule has 3 aromatic rings. The predicted octanol–water partition coefficient (Wildman–Crippen LogP) is 2.50. The van der Waals surface area contributed by atoms with E-state index in [1.165, 1.54) is 0 Å². The summed E-state index contributed by atoms with van der Waals surface area (Å²) in [5.41, 5.74) is 2.83. The summed E-state index contributed by atoms with van der Waals surface area (Å²) in [6.07, 6.45) is 1.63. The van der Waals surface area contributed by atoms with Gasteiger partial charge in [0.05, 0.1) is 12.0 Å². The molecule has 1 fully saturated rings. The summed E-state index contributed by atoms with van der Waals surface area (Å²) in [5, 5.41) is 3.36. The summed E-state index contributed by atoms with van der Waals surface area (Å²) in [5.74, 6) is 1.19. The second-order valence-electron chi connectivity index (χ2n) is 4.86. The van der Waals surface area contributed by atoms with Gasteiger partial charge in [-0.15, -0.1) is 0 Å². The van der Waals surface area contributed by atoms with Gasteiger partial charge in [0.1, 0.15) is 5.52 Å². The Bertz CT molecular complexity index is 712. The number of fused-ring (bicyclic) bond motifs is 1. The zero-order valence-electron chi connectivity index (χ0n) is 11.0. The predicted molar refractivity (Wildman–Crippen MR) is 76.8 cm³/mol. The van der Waals surface area contributed by atoms with Gasteiger partial charge in [-0.25, -0.2) is 4.98 Å². The minimum absolute atomic E-state index is 0.535. The van der Waals surface area contributed by atoms with Gasteiger partial charge >= 0.3 is 0 Å². The second kappa shape index (κ2) is 4.68. The lowest BCUT2D eigenvalue weighted by molar-refractivity contribution is 0.535. The zero-order chi connectivity index (χ0) is 13.4. The van der Waals surface area contributed by atoms with Gasteiger partial charge in [0.2, 0.25) is 0 Å². The molecule has 0 spiro atoms. The van der Waals surface area contributed by atoms with E-state index in [1.54, 1.807) is 6.26 Å². The van der Waals surface area contributed by atoms with Gasteiger partial charge < -0.3 is 19.1 Å². The van der Waals surface area contributed by atoms with Crippen molar-refractivity contribution in [3.8, 4) is 11.7 Å². The van der Waals surface area contributed by atoms with Crippen LogP contribution in [0, 0.1) is 0 Å². The molecule has 0 saturated carbocycles. The van der Waals surface area contributed by atoms with Crippen molar-refractivity contribution in [2.75, 3.05) is 31.1 Å². The highest BCUT2D eigenvalue weighted by Gasteiger charge is 2.18. The monoisotopic (exact) mass is 269 g/mol. The third kappa shape index (κ3) is 1.87. The van der Waals surface area contributed by atoms with Crippen LogP contribution in [-0.4, -0.2) is 31.2 Å². The lowest BCUT2D eigenvalue weighted by Crippen LogP contribution is -2.43. The van der Waals surface area contributed by atoms with Crippen LogP contribution in [0.25, 0.3) is 22.8 Å². The van der Waals surface area contributed by atoms with Crippen molar-refractivity contribution in [3.63, 3.8) is 0 Å². The third-order valence-electron chi connectivity index (χ3n) is 3.59. The SMILES string of the molecule is c1coc(-c2nc3c(N4CCNCC4)cccc3o2)c1. The summed E-state index contributed by atoms with van der Waals surface area (Å²) < 4.78 is 11.2. The molecular formula is C15H15N3O2. The number of rotatable bonds is 2. The molecule has 1 aliphatic rings. The molecule has 102 valence electrons. The van der Waals surface area contributed by atoms with Gasteiger partial charge in [0.25, 0.3) is 5.89 Å². The Morgan fingerprint density at radius 2 is 2.00 bits per heavy atom. The first-order chi connectivity index (χ1) is 9.92. The van der Waals surface area contributed by atoms with E-state index in [9.17, 15) is 0 Å². The molecule has 1 saturated heterocycles. The van der Waals surface area contributed by atoms with Crippen LogP contribution in [0.4, 0.5) is 5.69 Å². The maximum absolute atomic E-state index is 5.80. The highest BCUT2D eigenvalue weighted by Crippen LogP contribution is 2.31. The van der Waals surface area contributed by atoms with Crippen LogP contribution >= 0.6 is 0 Å². The molecule has 0 aliphatic carbocycles. The smallest absolute Gasteiger partial charge is 0.264 e. The number of piperazine rings is 1. The molecule has 3 heterocycles. The minimum Gasteiger partial charge on any atom is -0.459 e. The van der Waals surface area contributed by atoms with Gasteiger partial charge in [-0.05, 0) is 24.3 Å². The van der Waals surface area contributed by atoms with Crippen LogP contribution in [0.15, 0.2) is 45.4 Å². The maximum Gasteiger partial charge on any atom is 0.264 e. The molecule has 1 aromatic carbocycles. The number of nitrogens with one attached hydrogen (secondary N) is 1. The molecule has 0 amide bonds. The van der Waals surface area contributed by atoms with Gasteiger partial charge in [0.15, 0.2) is 11.3 Å². The summed E-state index contributed by atoms with van der Waals surface area (Å²) in [6, 6.07) is 9.75. The molecule has 5 nitrogen and oxygen atoms in total. The average molecular weight is 269 g/mol. The Balaban J connectivity index is 1.81. The van der Waals surface area contributed by atoms with Crippen molar-refractivity contribution in [1.82, 2.24) is 10.3 Å². The van der Waals surface area contributed by atoms with Crippen LogP contribution in [0.2, 0.25) is 0 Å². The Labute approximate surface area is 116 Å². The third-order valence-corrected chi connectivity index (χ3v) is 3.59. The Hall–Kier alpha value is -2.27. The highest BCUT2D eigenvalue weighted by molar-refractivity contribution is 5.88. The number of nitrogens with zero attached hydrogens (tertiary/aromatic N) is 2. The fraction of sp³-hybridized carbons (Fsp3) is 0.267. The van der Waals surface area contributed by atoms with Crippen LogP contribution in [0.3, 0.4) is 0 Å². The van der Waals surface area contributed by atoms with E-state index in [2.05, 4.69) is 21.3 Å². The lowest BCUT2D eigenvalue weighted by atomic mass is 10.2. The first-order valence-corrected chi connectivity index (χ1v) is 6.81. The lowest BCUT2D eigenvalue weighted by Gasteiger charge is -2.29. The molecule has 2 aromatic heterocycles. The number of anilines is 1. The Morgan fingerprint density at radius 1 is 1.10 bits per heavy atom. The van der Waals surface area contributed by atoms with Crippen LogP contribution < -0.4 is 10.2 Å². The van der Waals surface area contributed by atoms with E-state index in [-0.39, 0.29) is 0 Å². The van der Waals surface area contributed by atoms with Crippen molar-refractivity contribution in [2.45, 2.75) is 0 Å². The minimum atomic E-state index is 0.535. The molecule has 0 radical (unpaired) electrons. The maximum atomic E-state index is 5.80. The van der Waals surface area contributed by atoms with Gasteiger partial charge in [-0.2, -0.15) is 0 Å². The fourth-order valence-corrected chi connectivity index (χ4v) is 2.60. The van der Waals surface area contributed by atoms with Crippen molar-refractivity contribution >= 4 is 16.8 Å². The van der Waals surface area contributed by atoms with Crippen molar-refractivity contribution in [1.29, 1.82) is 0 Å². The average Bonchev–Trinajstić information content (AvgIpc) is 3.16. The first kappa shape index (κ1) is 11.5. The Morgan fingerprint density at radius 3 is 2.80 bits per heavy atom. The number of oxazole rings is 1. The summed E-state index contributed by atoms with van der Waals surface area (Å²) in [4.78, 5) is 6.95. The standard InChI is InChI=1S/C15H15N3O2/c1-3-11(18-8-6-16-7-9-18)14-12(4-1)20-15(17-14)13-5-2-10-19-13/h1-5,10,16H,6-9H2. The zero-order valence-corrected chi connectivity index (χ0v) is 11.0. The summed E-state index contributed by atoms with van der Waals surface area (Å²) in [6.45, 7) is 3.97. The van der Waals surface area contributed by atoms with E-state index >= 15 is 0 Å². The van der Waals surface area contributed by atoms with E-state index < -0.39 is 0 Å². The number of hydrogen-bond acceptors (Lipinski definition) is 5. The van der Waals surface area contributed by atoms with E-state index in [0.29, 0.717) is 11.7 Å². The summed E-state index contributed by atoms with van der Waals surface area (Å²) in [7, 11) is 0. The molecule has 5 heteroatoms. The molecule has 0 bridgehead atoms. The molecule has 0 atom stereocenters. The van der Waals surface area contributed by atoms with Gasteiger partial charge in [0, 0.05) is 26.2 Å². The van der Waals surface area contributed by atoms with E-state index in [1.807, 2.05) is 24.3 Å². The number of furan rings is 1. The topological polar surface area (TPSA) is 54.4 Å². The van der Waals surface area contributed by atoms with Crippen molar-refractivity contribution in [3.05, 3.63) is 36.6 Å². The number of benzene rings is 1. The quantitative estimate of drug-likeness (QED) is 0.774. The van der Waals surface area contributed by atoms with Gasteiger partial charge in [-0.3, -0.25) is 0 Å². The summed E-state index contributed by atoms with van der Waals surface area (Å²) >= 11 is 0. The fourth-order valence-electron chi connectivity index (χ4n) is 2.60. The van der Waals surface area contributed by atoms with Crippen molar-refractivity contribution in [2.24, 2.45) is 0 Å². The molecule has 0 unspecified atom stereocenters. The molecule has 20 heavy (non-hydrogen) atoms. The molecule has 4 rings (SSSR count). The van der Waals surface area contributed by atoms with E-state index in [4.69, 9.17) is 8.83 Å². The number of para-hydroxylation sites is 1. The van der Waals surface area contributed by atoms with Crippen LogP contribution in [0.5, 0.6) is 0 Å². The normalized spacial score (nSPS) is 15.9. The largest absolute Gasteiger partial charge is 0.459 e. The van der Waals surface area contributed by atoms with Crippen LogP contribution in [-0.2, 0) is 0 Å². The number of hydrogen-bond donors (Lipinski definition) is 1. The first-order valence-electron chi connectivity index (χ1n) is 6.81.